The molecule has 0 bridgehead atoms. The summed E-state index contributed by atoms with van der Waals surface area (Å²) >= 11 is 6.22. The second kappa shape index (κ2) is 10.5. The Balaban J connectivity index is 1.52. The van der Waals surface area contributed by atoms with Gasteiger partial charge in [-0.15, -0.1) is 0 Å². The van der Waals surface area contributed by atoms with Gasteiger partial charge in [0.15, 0.2) is 0 Å². The molecule has 0 radical (unpaired) electrons. The van der Waals surface area contributed by atoms with Crippen LogP contribution in [0.5, 0.6) is 0 Å². The van der Waals surface area contributed by atoms with Crippen molar-refractivity contribution in [1.29, 1.82) is 0 Å². The van der Waals surface area contributed by atoms with Crippen LogP contribution in [0.4, 0.5) is 11.4 Å². The topological polar surface area (TPSA) is 105 Å². The molecule has 2 N–H and O–H groups in total. The van der Waals surface area contributed by atoms with Crippen LogP contribution in [-0.4, -0.2) is 30.8 Å². The molecule has 1 atom stereocenters. The van der Waals surface area contributed by atoms with Crippen molar-refractivity contribution in [3.05, 3.63) is 106 Å². The molecular formula is C27H22ClN3O5. The Bertz CT molecular complexity index is 1390. The number of benzene rings is 3. The third-order valence-corrected chi connectivity index (χ3v) is 5.94. The molecule has 0 saturated carbocycles. The van der Waals surface area contributed by atoms with Gasteiger partial charge in [0.05, 0.1) is 24.4 Å². The van der Waals surface area contributed by atoms with Gasteiger partial charge >= 0.3 is 5.97 Å². The first kappa shape index (κ1) is 24.7. The molecule has 0 aliphatic carbocycles. The molecule has 8 nitrogen and oxygen atoms in total. The molecular weight excluding hydrogens is 482 g/mol. The number of methoxy groups -OCH3 is 1. The number of amides is 3. The summed E-state index contributed by atoms with van der Waals surface area (Å²) in [7, 11) is 1.23. The van der Waals surface area contributed by atoms with Crippen LogP contribution in [0.25, 0.3) is 0 Å². The normalized spacial score (nSPS) is 14.0. The third kappa shape index (κ3) is 4.99. The maximum Gasteiger partial charge on any atom is 0.337 e. The largest absolute Gasteiger partial charge is 0.465 e. The molecule has 3 amide bonds. The summed E-state index contributed by atoms with van der Waals surface area (Å²) in [6, 6.07) is 21.7. The van der Waals surface area contributed by atoms with E-state index in [4.69, 9.17) is 16.3 Å². The van der Waals surface area contributed by atoms with E-state index < -0.39 is 17.8 Å². The summed E-state index contributed by atoms with van der Waals surface area (Å²) in [5.74, 6) is -2.34. The average molecular weight is 504 g/mol. The molecule has 3 aromatic carbocycles. The molecule has 182 valence electrons. The number of imide groups is 1. The second-order valence-electron chi connectivity index (χ2n) is 7.99. The zero-order valence-electron chi connectivity index (χ0n) is 19.4. The number of anilines is 2. The van der Waals surface area contributed by atoms with E-state index in [9.17, 15) is 19.2 Å². The smallest absolute Gasteiger partial charge is 0.337 e. The van der Waals surface area contributed by atoms with E-state index in [1.807, 2.05) is 37.3 Å². The van der Waals surface area contributed by atoms with Gasteiger partial charge in [0, 0.05) is 11.3 Å². The fourth-order valence-electron chi connectivity index (χ4n) is 3.72. The highest BCUT2D eigenvalue weighted by Gasteiger charge is 2.39. The molecule has 1 aliphatic heterocycles. The lowest BCUT2D eigenvalue weighted by Crippen LogP contribution is -2.32. The van der Waals surface area contributed by atoms with Gasteiger partial charge in [-0.05, 0) is 48.9 Å². The van der Waals surface area contributed by atoms with Crippen LogP contribution >= 0.6 is 11.6 Å². The highest BCUT2D eigenvalue weighted by atomic mass is 35.5. The van der Waals surface area contributed by atoms with Crippen LogP contribution in [0.3, 0.4) is 0 Å². The van der Waals surface area contributed by atoms with Crippen molar-refractivity contribution < 1.29 is 23.9 Å². The van der Waals surface area contributed by atoms with Crippen LogP contribution in [0.1, 0.15) is 39.2 Å². The lowest BCUT2D eigenvalue weighted by molar-refractivity contribution is -0.120. The first-order valence-electron chi connectivity index (χ1n) is 11.0. The van der Waals surface area contributed by atoms with Crippen molar-refractivity contribution in [3.8, 4) is 0 Å². The molecule has 0 aromatic heterocycles. The van der Waals surface area contributed by atoms with E-state index in [1.54, 1.807) is 24.3 Å². The van der Waals surface area contributed by atoms with Crippen LogP contribution in [0, 0.1) is 0 Å². The Labute approximate surface area is 212 Å². The van der Waals surface area contributed by atoms with Crippen molar-refractivity contribution in [3.63, 3.8) is 0 Å². The zero-order chi connectivity index (χ0) is 25.8. The summed E-state index contributed by atoms with van der Waals surface area (Å²) in [6.45, 7) is 1.88. The summed E-state index contributed by atoms with van der Waals surface area (Å²) in [4.78, 5) is 51.4. The molecule has 1 aliphatic rings. The van der Waals surface area contributed by atoms with Crippen LogP contribution in [-0.2, 0) is 14.3 Å². The molecule has 36 heavy (non-hydrogen) atoms. The molecule has 1 unspecified atom stereocenters. The predicted molar refractivity (Wildman–Crippen MR) is 136 cm³/mol. The number of ether oxygens (including phenoxy) is 1. The highest BCUT2D eigenvalue weighted by molar-refractivity contribution is 6.53. The number of carbonyl (C=O) groups excluding carboxylic acids is 4. The lowest BCUT2D eigenvalue weighted by atomic mass is 10.1. The molecule has 0 fully saturated rings. The van der Waals surface area contributed by atoms with Crippen LogP contribution < -0.4 is 15.5 Å². The van der Waals surface area contributed by atoms with E-state index in [0.29, 0.717) is 11.3 Å². The van der Waals surface area contributed by atoms with Gasteiger partial charge < -0.3 is 15.4 Å². The van der Waals surface area contributed by atoms with E-state index in [1.165, 1.54) is 31.4 Å². The summed E-state index contributed by atoms with van der Waals surface area (Å²) in [5, 5.41) is 5.49. The predicted octanol–water partition coefficient (Wildman–Crippen LogP) is 4.40. The number of esters is 1. The Morgan fingerprint density at radius 3 is 2.31 bits per heavy atom. The average Bonchev–Trinajstić information content (AvgIpc) is 3.11. The number of halogens is 1. The Hall–Kier alpha value is -4.43. The SMILES string of the molecule is COC(=O)c1cccc(N2C(=O)C(Cl)=C(Nc3cccc(C(=O)NC(C)c4ccccc4)c3)C2=O)c1. The van der Waals surface area contributed by atoms with Crippen molar-refractivity contribution >= 4 is 46.7 Å². The first-order chi connectivity index (χ1) is 17.3. The molecule has 4 rings (SSSR count). The minimum atomic E-state index is -0.739. The van der Waals surface area contributed by atoms with E-state index in [2.05, 4.69) is 10.6 Å². The van der Waals surface area contributed by atoms with Crippen molar-refractivity contribution in [2.75, 3.05) is 17.3 Å². The van der Waals surface area contributed by atoms with Gasteiger partial charge in [0.25, 0.3) is 17.7 Å². The summed E-state index contributed by atoms with van der Waals surface area (Å²) in [6.07, 6.45) is 0. The van der Waals surface area contributed by atoms with E-state index >= 15 is 0 Å². The van der Waals surface area contributed by atoms with Gasteiger partial charge in [-0.25, -0.2) is 9.69 Å². The van der Waals surface area contributed by atoms with Gasteiger partial charge in [0.1, 0.15) is 10.7 Å². The number of nitrogens with one attached hydrogen (secondary N) is 2. The van der Waals surface area contributed by atoms with E-state index in [-0.39, 0.29) is 33.9 Å². The fourth-order valence-corrected chi connectivity index (χ4v) is 3.94. The lowest BCUT2D eigenvalue weighted by Gasteiger charge is -2.16. The molecule has 3 aromatic rings. The van der Waals surface area contributed by atoms with Crippen molar-refractivity contribution in [2.24, 2.45) is 0 Å². The first-order valence-corrected chi connectivity index (χ1v) is 11.4. The molecule has 0 spiro atoms. The van der Waals surface area contributed by atoms with Gasteiger partial charge in [-0.1, -0.05) is 54.1 Å². The maximum atomic E-state index is 13.1. The number of rotatable bonds is 7. The number of hydrogen-bond donors (Lipinski definition) is 2. The highest BCUT2D eigenvalue weighted by Crippen LogP contribution is 2.31. The molecule has 0 saturated heterocycles. The Kier molecular flexibility index (Phi) is 7.17. The molecule has 9 heteroatoms. The number of carbonyl (C=O) groups is 4. The Morgan fingerprint density at radius 2 is 1.58 bits per heavy atom. The second-order valence-corrected chi connectivity index (χ2v) is 8.37. The van der Waals surface area contributed by atoms with Gasteiger partial charge in [-0.3, -0.25) is 14.4 Å². The maximum absolute atomic E-state index is 13.1. The van der Waals surface area contributed by atoms with E-state index in [0.717, 1.165) is 10.5 Å². The van der Waals surface area contributed by atoms with Crippen LogP contribution in [0.2, 0.25) is 0 Å². The monoisotopic (exact) mass is 503 g/mol. The number of hydrogen-bond acceptors (Lipinski definition) is 6. The number of nitrogens with zero attached hydrogens (tertiary/aromatic N) is 1. The Morgan fingerprint density at radius 1 is 0.889 bits per heavy atom. The third-order valence-electron chi connectivity index (χ3n) is 5.59. The fraction of sp³-hybridized carbons (Fsp3) is 0.111. The van der Waals surface area contributed by atoms with Crippen molar-refractivity contribution in [2.45, 2.75) is 13.0 Å². The van der Waals surface area contributed by atoms with Gasteiger partial charge in [0.2, 0.25) is 0 Å². The summed E-state index contributed by atoms with van der Waals surface area (Å²) < 4.78 is 4.70. The standard InChI is InChI=1S/C27H22ClN3O5/c1-16(17-8-4-3-5-9-17)29-24(32)18-10-6-12-20(14-18)30-23-22(28)25(33)31(26(23)34)21-13-7-11-19(15-21)27(35)36-2/h3-16,30H,1-2H3,(H,29,32). The summed E-state index contributed by atoms with van der Waals surface area (Å²) in [5.41, 5.74) is 1.93. The quantitative estimate of drug-likeness (QED) is 0.366. The van der Waals surface area contributed by atoms with Gasteiger partial charge in [-0.2, -0.15) is 0 Å². The minimum Gasteiger partial charge on any atom is -0.465 e. The van der Waals surface area contributed by atoms with Crippen LogP contribution in [0.15, 0.2) is 89.6 Å². The minimum absolute atomic E-state index is 0.139. The van der Waals surface area contributed by atoms with Crippen molar-refractivity contribution in [1.82, 2.24) is 5.32 Å². The molecule has 1 heterocycles. The zero-order valence-corrected chi connectivity index (χ0v) is 20.2.